The summed E-state index contributed by atoms with van der Waals surface area (Å²) >= 11 is 0. The monoisotopic (exact) mass is 274 g/mol. The van der Waals surface area contributed by atoms with Crippen molar-refractivity contribution in [1.82, 2.24) is 0 Å². The van der Waals surface area contributed by atoms with E-state index in [0.717, 1.165) is 11.1 Å². The van der Waals surface area contributed by atoms with Crippen molar-refractivity contribution >= 4 is 0 Å². The van der Waals surface area contributed by atoms with Crippen LogP contribution in [0.2, 0.25) is 0 Å². The second kappa shape index (κ2) is 6.06. The van der Waals surface area contributed by atoms with Crippen molar-refractivity contribution < 1.29 is 14.2 Å². The molecule has 0 aliphatic rings. The molecule has 2 aromatic rings. The van der Waals surface area contributed by atoms with E-state index < -0.39 is 5.82 Å². The van der Waals surface area contributed by atoms with E-state index in [1.165, 1.54) is 6.07 Å². The number of hydrogen-bond donors (Lipinski definition) is 1. The van der Waals surface area contributed by atoms with Crippen LogP contribution in [0.1, 0.15) is 36.5 Å². The minimum Gasteiger partial charge on any atom is -0.454 e. The molecule has 0 fully saturated rings. The third-order valence-electron chi connectivity index (χ3n) is 3.28. The van der Waals surface area contributed by atoms with Gasteiger partial charge in [-0.25, -0.2) is 4.39 Å². The van der Waals surface area contributed by atoms with Crippen molar-refractivity contribution in [2.75, 3.05) is 0 Å². The molecule has 0 saturated carbocycles. The molecule has 0 aromatic heterocycles. The van der Waals surface area contributed by atoms with Crippen LogP contribution in [0.3, 0.4) is 0 Å². The van der Waals surface area contributed by atoms with Gasteiger partial charge >= 0.3 is 0 Å². The third-order valence-corrected chi connectivity index (χ3v) is 3.28. The van der Waals surface area contributed by atoms with Crippen LogP contribution in [0.25, 0.3) is 0 Å². The van der Waals surface area contributed by atoms with E-state index in [1.54, 1.807) is 12.1 Å². The molecule has 0 aliphatic carbocycles. The minimum atomic E-state index is -0.467. The first kappa shape index (κ1) is 14.5. The number of rotatable bonds is 4. The Bertz CT molecular complexity index is 606. The molecule has 0 bridgehead atoms. The van der Waals surface area contributed by atoms with Gasteiger partial charge in [-0.1, -0.05) is 32.0 Å². The smallest absolute Gasteiger partial charge is 0.166 e. The summed E-state index contributed by atoms with van der Waals surface area (Å²) in [6.45, 7) is 5.95. The fourth-order valence-electron chi connectivity index (χ4n) is 1.93. The maximum atomic E-state index is 13.9. The van der Waals surface area contributed by atoms with E-state index in [9.17, 15) is 4.39 Å². The first-order valence-electron chi connectivity index (χ1n) is 6.69. The normalized spacial score (nSPS) is 10.9. The molecular weight excluding hydrogens is 255 g/mol. The van der Waals surface area contributed by atoms with Crippen molar-refractivity contribution in [3.8, 4) is 11.5 Å². The van der Waals surface area contributed by atoms with Gasteiger partial charge in [0.15, 0.2) is 11.6 Å². The van der Waals surface area contributed by atoms with Crippen LogP contribution in [0.5, 0.6) is 11.5 Å². The van der Waals surface area contributed by atoms with Crippen LogP contribution in [0.4, 0.5) is 4.39 Å². The fraction of sp³-hybridized carbons (Fsp3) is 0.294. The predicted octanol–water partition coefficient (Wildman–Crippen LogP) is 4.54. The Morgan fingerprint density at radius 3 is 2.45 bits per heavy atom. The van der Waals surface area contributed by atoms with E-state index in [0.29, 0.717) is 17.2 Å². The molecule has 0 saturated heterocycles. The van der Waals surface area contributed by atoms with Gasteiger partial charge < -0.3 is 9.84 Å². The Morgan fingerprint density at radius 1 is 1.10 bits per heavy atom. The van der Waals surface area contributed by atoms with Crippen molar-refractivity contribution in [2.24, 2.45) is 0 Å². The molecule has 0 spiro atoms. The molecule has 2 aromatic carbocycles. The van der Waals surface area contributed by atoms with Crippen LogP contribution >= 0.6 is 0 Å². The number of aryl methyl sites for hydroxylation is 1. The highest BCUT2D eigenvalue weighted by atomic mass is 19.1. The maximum absolute atomic E-state index is 13.9. The van der Waals surface area contributed by atoms with E-state index in [2.05, 4.69) is 19.9 Å². The Kier molecular flexibility index (Phi) is 4.40. The zero-order chi connectivity index (χ0) is 14.7. The molecule has 0 amide bonds. The maximum Gasteiger partial charge on any atom is 0.166 e. The topological polar surface area (TPSA) is 29.5 Å². The molecule has 0 unspecified atom stereocenters. The highest BCUT2D eigenvalue weighted by Gasteiger charge is 2.09. The Balaban J connectivity index is 2.32. The molecule has 2 rings (SSSR count). The van der Waals surface area contributed by atoms with Crippen LogP contribution in [-0.4, -0.2) is 5.11 Å². The van der Waals surface area contributed by atoms with Gasteiger partial charge in [0, 0.05) is 0 Å². The van der Waals surface area contributed by atoms with Gasteiger partial charge in [0.2, 0.25) is 0 Å². The van der Waals surface area contributed by atoms with E-state index >= 15 is 0 Å². The summed E-state index contributed by atoms with van der Waals surface area (Å²) in [6.07, 6.45) is 0. The standard InChI is InChI=1S/C17H19FO2/c1-11(2)14-6-4-12(3)17(9-14)20-16-7-5-13(10-19)8-15(16)18/h4-9,11,19H,10H2,1-3H3. The SMILES string of the molecule is Cc1ccc(C(C)C)cc1Oc1ccc(CO)cc1F. The highest BCUT2D eigenvalue weighted by Crippen LogP contribution is 2.30. The summed E-state index contributed by atoms with van der Waals surface area (Å²) in [4.78, 5) is 0. The number of aliphatic hydroxyl groups excluding tert-OH is 1. The van der Waals surface area contributed by atoms with Crippen molar-refractivity contribution in [2.45, 2.75) is 33.3 Å². The van der Waals surface area contributed by atoms with Crippen LogP contribution in [0, 0.1) is 12.7 Å². The molecule has 1 N–H and O–H groups in total. The fourth-order valence-corrected chi connectivity index (χ4v) is 1.93. The zero-order valence-electron chi connectivity index (χ0n) is 12.0. The van der Waals surface area contributed by atoms with Crippen LogP contribution in [-0.2, 0) is 6.61 Å². The molecular formula is C17H19FO2. The largest absolute Gasteiger partial charge is 0.454 e. The van der Waals surface area contributed by atoms with Gasteiger partial charge in [-0.3, -0.25) is 0 Å². The summed E-state index contributed by atoms with van der Waals surface area (Å²) in [6, 6.07) is 10.5. The molecule has 20 heavy (non-hydrogen) atoms. The summed E-state index contributed by atoms with van der Waals surface area (Å²) in [5.74, 6) is 0.753. The number of benzene rings is 2. The van der Waals surface area contributed by atoms with Gasteiger partial charge in [-0.15, -0.1) is 0 Å². The number of halogens is 1. The average Bonchev–Trinajstić information content (AvgIpc) is 2.42. The number of hydrogen-bond acceptors (Lipinski definition) is 2. The lowest BCUT2D eigenvalue weighted by Crippen LogP contribution is -1.95. The van der Waals surface area contributed by atoms with Crippen molar-refractivity contribution in [3.05, 3.63) is 58.9 Å². The number of aliphatic hydroxyl groups is 1. The Morgan fingerprint density at radius 2 is 1.85 bits per heavy atom. The second-order valence-corrected chi connectivity index (χ2v) is 5.20. The quantitative estimate of drug-likeness (QED) is 0.886. The summed E-state index contributed by atoms with van der Waals surface area (Å²) in [7, 11) is 0. The molecule has 106 valence electrons. The first-order chi connectivity index (χ1) is 9.51. The van der Waals surface area contributed by atoms with Crippen molar-refractivity contribution in [3.63, 3.8) is 0 Å². The van der Waals surface area contributed by atoms with Gasteiger partial charge in [0.05, 0.1) is 6.61 Å². The lowest BCUT2D eigenvalue weighted by atomic mass is 10.0. The summed E-state index contributed by atoms with van der Waals surface area (Å²) in [5, 5.41) is 8.98. The molecule has 0 aliphatic heterocycles. The van der Waals surface area contributed by atoms with Gasteiger partial charge in [0.1, 0.15) is 5.75 Å². The van der Waals surface area contributed by atoms with Gasteiger partial charge in [-0.2, -0.15) is 0 Å². The molecule has 3 heteroatoms. The number of ether oxygens (including phenoxy) is 1. The first-order valence-corrected chi connectivity index (χ1v) is 6.69. The van der Waals surface area contributed by atoms with E-state index in [4.69, 9.17) is 9.84 Å². The highest BCUT2D eigenvalue weighted by molar-refractivity contribution is 5.41. The van der Waals surface area contributed by atoms with E-state index in [-0.39, 0.29) is 12.4 Å². The van der Waals surface area contributed by atoms with Gasteiger partial charge in [0.25, 0.3) is 0 Å². The van der Waals surface area contributed by atoms with E-state index in [1.807, 2.05) is 19.1 Å². The molecule has 0 heterocycles. The second-order valence-electron chi connectivity index (χ2n) is 5.20. The van der Waals surface area contributed by atoms with Crippen molar-refractivity contribution in [1.29, 1.82) is 0 Å². The summed E-state index contributed by atoms with van der Waals surface area (Å²) < 4.78 is 19.6. The third kappa shape index (κ3) is 3.17. The molecule has 0 radical (unpaired) electrons. The lowest BCUT2D eigenvalue weighted by Gasteiger charge is -2.13. The molecule has 2 nitrogen and oxygen atoms in total. The molecule has 0 atom stereocenters. The minimum absolute atomic E-state index is 0.172. The zero-order valence-corrected chi connectivity index (χ0v) is 12.0. The average molecular weight is 274 g/mol. The van der Waals surface area contributed by atoms with Crippen LogP contribution < -0.4 is 4.74 Å². The summed E-state index contributed by atoms with van der Waals surface area (Å²) in [5.41, 5.74) is 2.64. The Labute approximate surface area is 118 Å². The van der Waals surface area contributed by atoms with Crippen LogP contribution in [0.15, 0.2) is 36.4 Å². The Hall–Kier alpha value is -1.87. The lowest BCUT2D eigenvalue weighted by molar-refractivity contribution is 0.281. The van der Waals surface area contributed by atoms with Gasteiger partial charge in [-0.05, 0) is 47.7 Å². The predicted molar refractivity (Wildman–Crippen MR) is 77.7 cm³/mol.